The summed E-state index contributed by atoms with van der Waals surface area (Å²) in [5.41, 5.74) is 20.6. The van der Waals surface area contributed by atoms with E-state index in [1.165, 1.54) is 44.5 Å². The fourth-order valence-corrected chi connectivity index (χ4v) is 9.08. The van der Waals surface area contributed by atoms with Crippen molar-refractivity contribution in [1.82, 2.24) is 0 Å². The van der Waals surface area contributed by atoms with Crippen LogP contribution < -0.4 is 0 Å². The number of rotatable bonds is 18. The first-order chi connectivity index (χ1) is 36.9. The second-order valence-electron chi connectivity index (χ2n) is 22.8. The largest absolute Gasteiger partial charge is 2.00 e. The van der Waals surface area contributed by atoms with Crippen molar-refractivity contribution < 1.29 is 34.1 Å². The van der Waals surface area contributed by atoms with Crippen molar-refractivity contribution in [2.24, 2.45) is 9.98 Å². The van der Waals surface area contributed by atoms with Gasteiger partial charge in [0, 0.05) is 11.4 Å². The molecule has 6 aromatic rings. The zero-order valence-corrected chi connectivity index (χ0v) is 54.4. The molecule has 0 N–H and O–H groups in total. The molecule has 8 heteroatoms. The summed E-state index contributed by atoms with van der Waals surface area (Å²) in [7, 11) is 0. The van der Waals surface area contributed by atoms with Crippen molar-refractivity contribution in [3.63, 3.8) is 0 Å². The van der Waals surface area contributed by atoms with Crippen LogP contribution in [0.25, 0.3) is 21.5 Å². The molecule has 0 aliphatic rings. The third-order valence-electron chi connectivity index (χ3n) is 13.3. The number of hydrogen-bond acceptors (Lipinski definition) is 2. The second kappa shape index (κ2) is 36.5. The molecule has 6 nitrogen and oxygen atoms in total. The van der Waals surface area contributed by atoms with Gasteiger partial charge in [-0.2, -0.15) is 23.8 Å². The first-order valence-corrected chi connectivity index (χ1v) is 28.4. The van der Waals surface area contributed by atoms with Gasteiger partial charge < -0.3 is 21.5 Å². The molecule has 0 saturated carbocycles. The number of allylic oxidation sites excluding steroid dienone is 4. The first-order valence-electron chi connectivity index (χ1n) is 28.4. The van der Waals surface area contributed by atoms with Crippen molar-refractivity contribution in [2.45, 2.75) is 186 Å². The van der Waals surface area contributed by atoms with E-state index in [9.17, 15) is 0 Å². The number of para-hydroxylation sites is 4. The first kappa shape index (κ1) is 72.1. The smallest absolute Gasteiger partial charge is 0.810 e. The summed E-state index contributed by atoms with van der Waals surface area (Å²) >= 11 is 0. The molecule has 426 valence electrons. The summed E-state index contributed by atoms with van der Waals surface area (Å²) in [6.07, 6.45) is 6.39. The van der Waals surface area contributed by atoms with Crippen molar-refractivity contribution in [2.75, 3.05) is 0 Å². The van der Waals surface area contributed by atoms with Gasteiger partial charge in [0.1, 0.15) is 0 Å². The molecule has 2 radical (unpaired) electrons. The Balaban J connectivity index is 0.000000611. The Labute approximate surface area is 507 Å². The minimum atomic E-state index is 0. The van der Waals surface area contributed by atoms with Crippen LogP contribution >= 0.6 is 0 Å². The fraction of sp³-hybridized carbons (Fsp3) is 0.389. The third kappa shape index (κ3) is 22.9. The average Bonchev–Trinajstić information content (AvgIpc) is 3.39. The van der Waals surface area contributed by atoms with Gasteiger partial charge in [-0.15, -0.1) is 11.4 Å². The van der Waals surface area contributed by atoms with Crippen LogP contribution in [0.1, 0.15) is 241 Å². The summed E-state index contributed by atoms with van der Waals surface area (Å²) in [5, 5.41) is 27.0. The summed E-state index contributed by atoms with van der Waals surface area (Å²) in [4.78, 5) is 10.2. The monoisotopic (exact) mass is 1150 g/mol. The summed E-state index contributed by atoms with van der Waals surface area (Å²) < 4.78 is 0. The van der Waals surface area contributed by atoms with E-state index in [1.54, 1.807) is 0 Å². The van der Waals surface area contributed by atoms with E-state index in [4.69, 9.17) is 31.4 Å². The number of nitrogens with zero attached hydrogens (tertiary/aromatic N) is 6. The average molecular weight is 1150 g/mol. The number of hydrogen-bond donors (Lipinski definition) is 0. The predicted molar refractivity (Wildman–Crippen MR) is 348 cm³/mol. The standard InChI is InChI=1S/2C29H41N2.2C7H6N.2Mn/c2*1-18(2)24-13-11-14-25(19(3)4)28(24)30-22(9)17-23(10)31-29-26(20(5)6)15-12-16-27(29)21(7)8;2*8-6-7-4-2-1-3-5-7;;/h2*11-21H,1-10H3;2*1-6H;;/q4*-1;2*+2/b2*22-17-,31-23?;;;;. The number of aliphatic imine (C=N–C) groups is 2. The van der Waals surface area contributed by atoms with E-state index in [0.717, 1.165) is 69.1 Å². The Bertz CT molecular complexity index is 2630. The van der Waals surface area contributed by atoms with E-state index >= 15 is 0 Å². The third-order valence-corrected chi connectivity index (χ3v) is 13.3. The molecular weight excluding hydrogens is 1060 g/mol. The molecule has 6 aromatic carbocycles. The number of benzene rings is 6. The molecule has 0 aliphatic carbocycles. The van der Waals surface area contributed by atoms with Gasteiger partial charge >= 0.3 is 34.1 Å². The van der Waals surface area contributed by atoms with Crippen LogP contribution in [-0.4, -0.2) is 23.9 Å². The van der Waals surface area contributed by atoms with E-state index in [-0.39, 0.29) is 34.1 Å². The Morgan fingerprint density at radius 2 is 0.537 bits per heavy atom. The van der Waals surface area contributed by atoms with E-state index < -0.39 is 0 Å². The van der Waals surface area contributed by atoms with Gasteiger partial charge in [0.15, 0.2) is 0 Å². The second-order valence-corrected chi connectivity index (χ2v) is 22.8. The van der Waals surface area contributed by atoms with Gasteiger partial charge in [0.05, 0.1) is 11.4 Å². The van der Waals surface area contributed by atoms with Crippen molar-refractivity contribution >= 4 is 46.6 Å². The SMILES string of the molecule is CC(/C=C(/C)[N-]c1c(C(C)C)cccc1C(C)C)=Nc1c(C(C)C)cccc1C(C)C.CC(/C=C(/C)[N-]c1c(C(C)C)cccc1C(C)C)=Nc1c(C(C)C)cccc1C(C)C.[Mn+2].[Mn+2].[N-]=Cc1ccccc1.[N-]=Cc1ccccc1. The van der Waals surface area contributed by atoms with Crippen LogP contribution in [-0.2, 0) is 34.1 Å². The van der Waals surface area contributed by atoms with Gasteiger partial charge in [-0.3, -0.25) is 9.98 Å². The van der Waals surface area contributed by atoms with Crippen molar-refractivity contribution in [3.05, 3.63) is 234 Å². The van der Waals surface area contributed by atoms with Gasteiger partial charge in [-0.25, -0.2) is 0 Å². The Kier molecular flexibility index (Phi) is 32.9. The quantitative estimate of drug-likeness (QED) is 0.0605. The topological polar surface area (TPSA) is 97.5 Å². The summed E-state index contributed by atoms with van der Waals surface area (Å²) in [5.74, 6) is 3.49. The molecule has 0 spiro atoms. The molecular formula is C72H94Mn2N6. The Hall–Kier alpha value is -5.88. The van der Waals surface area contributed by atoms with Crippen LogP contribution in [0.5, 0.6) is 0 Å². The fourth-order valence-electron chi connectivity index (χ4n) is 9.08. The van der Waals surface area contributed by atoms with E-state index in [0.29, 0.717) is 47.3 Å². The van der Waals surface area contributed by atoms with Crippen LogP contribution in [0.4, 0.5) is 22.7 Å². The van der Waals surface area contributed by atoms with Crippen molar-refractivity contribution in [3.8, 4) is 0 Å². The summed E-state index contributed by atoms with van der Waals surface area (Å²) in [6, 6.07) is 44.9. The molecule has 0 amide bonds. The van der Waals surface area contributed by atoms with Crippen LogP contribution in [0.15, 0.2) is 167 Å². The molecule has 0 unspecified atom stereocenters. The van der Waals surface area contributed by atoms with Crippen LogP contribution in [0.2, 0.25) is 0 Å². The molecule has 0 fully saturated rings. The molecule has 0 heterocycles. The molecule has 80 heavy (non-hydrogen) atoms. The Morgan fingerprint density at radius 3 is 0.725 bits per heavy atom. The normalized spacial score (nSPS) is 11.8. The molecule has 0 aromatic heterocycles. The Morgan fingerprint density at radius 1 is 0.325 bits per heavy atom. The zero-order chi connectivity index (χ0) is 58.2. The van der Waals surface area contributed by atoms with Crippen LogP contribution in [0.3, 0.4) is 0 Å². The van der Waals surface area contributed by atoms with E-state index in [2.05, 4.69) is 223 Å². The molecule has 0 aliphatic heterocycles. The van der Waals surface area contributed by atoms with Gasteiger partial charge in [-0.1, -0.05) is 292 Å². The molecule has 0 bridgehead atoms. The van der Waals surface area contributed by atoms with Gasteiger partial charge in [-0.05, 0) is 94.6 Å². The predicted octanol–water partition coefficient (Wildman–Crippen LogP) is 23.1. The zero-order valence-electron chi connectivity index (χ0n) is 52.1. The maximum atomic E-state index is 8.41. The minimum absolute atomic E-state index is 0. The van der Waals surface area contributed by atoms with Gasteiger partial charge in [0.2, 0.25) is 0 Å². The maximum Gasteiger partial charge on any atom is 2.00 e. The minimum Gasteiger partial charge on any atom is -0.810 e. The van der Waals surface area contributed by atoms with Crippen molar-refractivity contribution in [1.29, 1.82) is 0 Å². The molecule has 0 saturated heterocycles. The molecule has 0 atom stereocenters. The van der Waals surface area contributed by atoms with Crippen LogP contribution in [0, 0.1) is 0 Å². The maximum absolute atomic E-state index is 8.41. The summed E-state index contributed by atoms with van der Waals surface area (Å²) in [6.45, 7) is 44.1. The molecule has 6 rings (SSSR count). The van der Waals surface area contributed by atoms with E-state index in [1.807, 2.05) is 60.7 Å². The van der Waals surface area contributed by atoms with Gasteiger partial charge in [0.25, 0.3) is 0 Å².